The van der Waals surface area contributed by atoms with E-state index in [4.69, 9.17) is 0 Å². The zero-order valence-electron chi connectivity index (χ0n) is 15.7. The van der Waals surface area contributed by atoms with E-state index in [9.17, 15) is 9.59 Å². The molecule has 1 aliphatic carbocycles. The maximum absolute atomic E-state index is 12.3. The monoisotopic (exact) mass is 350 g/mol. The Labute approximate surface area is 155 Å². The van der Waals surface area contributed by atoms with Crippen LogP contribution in [-0.2, 0) is 22.4 Å². The van der Waals surface area contributed by atoms with Crippen LogP contribution in [-0.4, -0.2) is 11.8 Å². The van der Waals surface area contributed by atoms with Crippen molar-refractivity contribution in [2.24, 2.45) is 0 Å². The summed E-state index contributed by atoms with van der Waals surface area (Å²) in [5, 5.41) is 5.51. The first kappa shape index (κ1) is 18.2. The second-order valence-electron chi connectivity index (χ2n) is 7.20. The van der Waals surface area contributed by atoms with Crippen molar-refractivity contribution in [3.8, 4) is 0 Å². The summed E-state index contributed by atoms with van der Waals surface area (Å²) in [5.74, 6) is -1.25. The molecule has 1 unspecified atom stereocenters. The van der Waals surface area contributed by atoms with Crippen molar-refractivity contribution >= 4 is 17.5 Å². The molecule has 0 aliphatic heterocycles. The lowest BCUT2D eigenvalue weighted by Crippen LogP contribution is -2.37. The molecule has 136 valence electrons. The summed E-state index contributed by atoms with van der Waals surface area (Å²) in [5.41, 5.74) is 6.46. The predicted molar refractivity (Wildman–Crippen MR) is 104 cm³/mol. The summed E-state index contributed by atoms with van der Waals surface area (Å²) in [7, 11) is 0. The Morgan fingerprint density at radius 3 is 2.42 bits per heavy atom. The summed E-state index contributed by atoms with van der Waals surface area (Å²) < 4.78 is 0. The van der Waals surface area contributed by atoms with Crippen molar-refractivity contribution in [3.05, 3.63) is 64.2 Å². The van der Waals surface area contributed by atoms with Gasteiger partial charge in [0.1, 0.15) is 0 Å². The second kappa shape index (κ2) is 7.73. The maximum atomic E-state index is 12.3. The minimum atomic E-state index is -0.636. The van der Waals surface area contributed by atoms with Gasteiger partial charge in [0, 0.05) is 5.69 Å². The summed E-state index contributed by atoms with van der Waals surface area (Å²) in [6.45, 7) is 5.77. The molecular weight excluding hydrogens is 324 g/mol. The van der Waals surface area contributed by atoms with E-state index in [1.54, 1.807) is 0 Å². The van der Waals surface area contributed by atoms with Crippen LogP contribution in [0.2, 0.25) is 0 Å². The first-order valence-electron chi connectivity index (χ1n) is 9.25. The lowest BCUT2D eigenvalue weighted by atomic mass is 9.89. The fourth-order valence-corrected chi connectivity index (χ4v) is 3.42. The summed E-state index contributed by atoms with van der Waals surface area (Å²) in [6.07, 6.45) is 4.69. The molecule has 2 aromatic carbocycles. The zero-order valence-corrected chi connectivity index (χ0v) is 15.7. The number of benzene rings is 2. The number of amides is 2. The van der Waals surface area contributed by atoms with Crippen LogP contribution in [0.15, 0.2) is 36.4 Å². The lowest BCUT2D eigenvalue weighted by Gasteiger charge is -2.20. The third kappa shape index (κ3) is 4.13. The molecule has 2 N–H and O–H groups in total. The lowest BCUT2D eigenvalue weighted by molar-refractivity contribution is -0.136. The molecule has 0 aromatic heterocycles. The molecule has 1 atom stereocenters. The number of carbonyl (C=O) groups excluding carboxylic acids is 2. The van der Waals surface area contributed by atoms with Crippen molar-refractivity contribution in [1.82, 2.24) is 5.32 Å². The van der Waals surface area contributed by atoms with Crippen molar-refractivity contribution in [2.75, 3.05) is 5.32 Å². The number of anilines is 1. The molecule has 2 aromatic rings. The van der Waals surface area contributed by atoms with Gasteiger partial charge in [0.05, 0.1) is 6.04 Å². The van der Waals surface area contributed by atoms with Crippen LogP contribution in [0.3, 0.4) is 0 Å². The van der Waals surface area contributed by atoms with Crippen LogP contribution >= 0.6 is 0 Å². The van der Waals surface area contributed by atoms with E-state index >= 15 is 0 Å². The minimum absolute atomic E-state index is 0.209. The number of rotatable bonds is 3. The first-order chi connectivity index (χ1) is 12.4. The fourth-order valence-electron chi connectivity index (χ4n) is 3.42. The van der Waals surface area contributed by atoms with Gasteiger partial charge < -0.3 is 10.6 Å². The topological polar surface area (TPSA) is 58.2 Å². The van der Waals surface area contributed by atoms with Crippen LogP contribution in [0.25, 0.3) is 0 Å². The van der Waals surface area contributed by atoms with Crippen molar-refractivity contribution in [2.45, 2.75) is 52.5 Å². The highest BCUT2D eigenvalue weighted by atomic mass is 16.2. The van der Waals surface area contributed by atoms with E-state index in [2.05, 4.69) is 28.8 Å². The standard InChI is InChI=1S/C22H26N2O2/c1-14-8-9-15(2)20(12-14)24-22(26)21(25)23-16(3)18-11-10-17-6-4-5-7-19(17)13-18/h8-13,16H,4-7H2,1-3H3,(H,23,25)(H,24,26). The number of hydrogen-bond donors (Lipinski definition) is 2. The summed E-state index contributed by atoms with van der Waals surface area (Å²) in [4.78, 5) is 24.5. The predicted octanol–water partition coefficient (Wildman–Crippen LogP) is 4.00. The molecule has 0 heterocycles. The molecule has 3 rings (SSSR count). The Morgan fingerprint density at radius 1 is 0.923 bits per heavy atom. The van der Waals surface area contributed by atoms with Crippen LogP contribution in [0, 0.1) is 13.8 Å². The molecular formula is C22H26N2O2. The molecule has 26 heavy (non-hydrogen) atoms. The van der Waals surface area contributed by atoms with Crippen molar-refractivity contribution in [3.63, 3.8) is 0 Å². The average molecular weight is 350 g/mol. The molecule has 0 saturated carbocycles. The third-order valence-electron chi connectivity index (χ3n) is 5.07. The molecule has 1 aliphatic rings. The van der Waals surface area contributed by atoms with E-state index in [0.29, 0.717) is 5.69 Å². The van der Waals surface area contributed by atoms with E-state index in [-0.39, 0.29) is 6.04 Å². The highest BCUT2D eigenvalue weighted by Gasteiger charge is 2.19. The van der Waals surface area contributed by atoms with Gasteiger partial charge in [-0.1, -0.05) is 30.3 Å². The smallest absolute Gasteiger partial charge is 0.313 e. The van der Waals surface area contributed by atoms with Gasteiger partial charge in [0.15, 0.2) is 0 Å². The molecule has 2 amide bonds. The number of hydrogen-bond acceptors (Lipinski definition) is 2. The molecule has 4 nitrogen and oxygen atoms in total. The number of fused-ring (bicyclic) bond motifs is 1. The SMILES string of the molecule is Cc1ccc(C)c(NC(=O)C(=O)NC(C)c2ccc3c(c2)CCCC3)c1. The molecule has 0 saturated heterocycles. The number of aryl methyl sites for hydroxylation is 4. The van der Waals surface area contributed by atoms with Crippen LogP contribution in [0.4, 0.5) is 5.69 Å². The number of carbonyl (C=O) groups is 2. The van der Waals surface area contributed by atoms with Gasteiger partial charge in [0.25, 0.3) is 0 Å². The Hall–Kier alpha value is -2.62. The number of nitrogens with one attached hydrogen (secondary N) is 2. The van der Waals surface area contributed by atoms with Crippen LogP contribution < -0.4 is 10.6 Å². The van der Waals surface area contributed by atoms with Crippen molar-refractivity contribution < 1.29 is 9.59 Å². The highest BCUT2D eigenvalue weighted by Crippen LogP contribution is 2.24. The summed E-state index contributed by atoms with van der Waals surface area (Å²) >= 11 is 0. The Balaban J connectivity index is 1.65. The largest absolute Gasteiger partial charge is 0.341 e. The minimum Gasteiger partial charge on any atom is -0.341 e. The first-order valence-corrected chi connectivity index (χ1v) is 9.25. The highest BCUT2D eigenvalue weighted by molar-refractivity contribution is 6.39. The fraction of sp³-hybridized carbons (Fsp3) is 0.364. The van der Waals surface area contributed by atoms with Crippen molar-refractivity contribution in [1.29, 1.82) is 0 Å². The van der Waals surface area contributed by atoms with Gasteiger partial charge >= 0.3 is 11.8 Å². The molecule has 0 fully saturated rings. The molecule has 0 radical (unpaired) electrons. The van der Waals surface area contributed by atoms with Gasteiger partial charge in [-0.25, -0.2) is 0 Å². The maximum Gasteiger partial charge on any atom is 0.313 e. The van der Waals surface area contributed by atoms with E-state index in [0.717, 1.165) is 29.5 Å². The van der Waals surface area contributed by atoms with E-state index < -0.39 is 11.8 Å². The van der Waals surface area contributed by atoms with Gasteiger partial charge in [-0.15, -0.1) is 0 Å². The summed E-state index contributed by atoms with van der Waals surface area (Å²) in [6, 6.07) is 11.9. The Bertz CT molecular complexity index is 842. The quantitative estimate of drug-likeness (QED) is 0.822. The van der Waals surface area contributed by atoms with Gasteiger partial charge in [-0.05, 0) is 80.3 Å². The molecule has 0 bridgehead atoms. The van der Waals surface area contributed by atoms with E-state index in [1.165, 1.54) is 24.0 Å². The normalized spacial score (nSPS) is 14.3. The van der Waals surface area contributed by atoms with Crippen LogP contribution in [0.1, 0.15) is 53.6 Å². The second-order valence-corrected chi connectivity index (χ2v) is 7.20. The average Bonchev–Trinajstić information content (AvgIpc) is 2.64. The van der Waals surface area contributed by atoms with Gasteiger partial charge in [-0.2, -0.15) is 0 Å². The van der Waals surface area contributed by atoms with Gasteiger partial charge in [-0.3, -0.25) is 9.59 Å². The Morgan fingerprint density at radius 2 is 1.65 bits per heavy atom. The third-order valence-corrected chi connectivity index (χ3v) is 5.07. The molecule has 0 spiro atoms. The van der Waals surface area contributed by atoms with Gasteiger partial charge in [0.2, 0.25) is 0 Å². The molecule has 4 heteroatoms. The van der Waals surface area contributed by atoms with E-state index in [1.807, 2.05) is 39.0 Å². The Kier molecular flexibility index (Phi) is 5.40. The van der Waals surface area contributed by atoms with Crippen LogP contribution in [0.5, 0.6) is 0 Å². The zero-order chi connectivity index (χ0) is 18.7.